The van der Waals surface area contributed by atoms with Crippen molar-refractivity contribution in [2.24, 2.45) is 5.92 Å². The smallest absolute Gasteiger partial charge is 0.0555 e. The zero-order valence-electron chi connectivity index (χ0n) is 11.6. The van der Waals surface area contributed by atoms with Crippen LogP contribution in [0.2, 0.25) is 0 Å². The van der Waals surface area contributed by atoms with Gasteiger partial charge in [-0.3, -0.25) is 0 Å². The largest absolute Gasteiger partial charge is 0.393 e. The van der Waals surface area contributed by atoms with Crippen LogP contribution >= 0.6 is 11.3 Å². The highest BCUT2D eigenvalue weighted by Gasteiger charge is 2.30. The van der Waals surface area contributed by atoms with Gasteiger partial charge in [-0.25, -0.2) is 0 Å². The Morgan fingerprint density at radius 3 is 2.68 bits per heavy atom. The lowest BCUT2D eigenvalue weighted by molar-refractivity contribution is 0.105. The molecule has 3 rings (SSSR count). The van der Waals surface area contributed by atoms with Crippen molar-refractivity contribution in [3.05, 3.63) is 22.4 Å². The summed E-state index contributed by atoms with van der Waals surface area (Å²) in [6.45, 7) is 0. The Hall–Kier alpha value is -0.380. The fourth-order valence-corrected chi connectivity index (χ4v) is 4.66. The summed E-state index contributed by atoms with van der Waals surface area (Å²) in [5.41, 5.74) is 0. The topological polar surface area (TPSA) is 32.3 Å². The Balaban J connectivity index is 1.68. The van der Waals surface area contributed by atoms with E-state index in [0.717, 1.165) is 18.8 Å². The van der Waals surface area contributed by atoms with Crippen LogP contribution in [0.25, 0.3) is 0 Å². The zero-order valence-corrected chi connectivity index (χ0v) is 12.4. The van der Waals surface area contributed by atoms with Crippen molar-refractivity contribution in [2.75, 3.05) is 0 Å². The summed E-state index contributed by atoms with van der Waals surface area (Å²) < 4.78 is 0. The van der Waals surface area contributed by atoms with E-state index in [-0.39, 0.29) is 6.10 Å². The molecule has 3 heteroatoms. The Morgan fingerprint density at radius 2 is 2.00 bits per heavy atom. The molecule has 2 saturated carbocycles. The monoisotopic (exact) mass is 279 g/mol. The molecule has 0 aromatic carbocycles. The molecule has 2 aliphatic rings. The van der Waals surface area contributed by atoms with Crippen LogP contribution < -0.4 is 5.32 Å². The molecular formula is C16H25NOS. The van der Waals surface area contributed by atoms with Gasteiger partial charge in [-0.15, -0.1) is 11.3 Å². The Morgan fingerprint density at radius 1 is 1.16 bits per heavy atom. The van der Waals surface area contributed by atoms with Crippen molar-refractivity contribution in [3.8, 4) is 0 Å². The van der Waals surface area contributed by atoms with Gasteiger partial charge in [0.1, 0.15) is 0 Å². The maximum atomic E-state index is 9.85. The van der Waals surface area contributed by atoms with Crippen molar-refractivity contribution in [1.29, 1.82) is 0 Å². The summed E-state index contributed by atoms with van der Waals surface area (Å²) in [7, 11) is 0. The highest BCUT2D eigenvalue weighted by molar-refractivity contribution is 7.10. The molecule has 19 heavy (non-hydrogen) atoms. The molecule has 3 unspecified atom stereocenters. The van der Waals surface area contributed by atoms with E-state index in [9.17, 15) is 5.11 Å². The number of nitrogens with one attached hydrogen (secondary N) is 1. The summed E-state index contributed by atoms with van der Waals surface area (Å²) in [5, 5.41) is 15.9. The maximum Gasteiger partial charge on any atom is 0.0555 e. The van der Waals surface area contributed by atoms with Crippen LogP contribution in [-0.2, 0) is 0 Å². The summed E-state index contributed by atoms with van der Waals surface area (Å²) >= 11 is 1.88. The third kappa shape index (κ3) is 3.39. The zero-order chi connectivity index (χ0) is 13.1. The number of thiophene rings is 1. The second kappa shape index (κ2) is 6.38. The third-order valence-corrected chi connectivity index (χ3v) is 5.74. The lowest BCUT2D eigenvalue weighted by Crippen LogP contribution is -2.40. The molecule has 0 radical (unpaired) electrons. The maximum absolute atomic E-state index is 9.85. The fourth-order valence-electron chi connectivity index (χ4n) is 3.78. The summed E-state index contributed by atoms with van der Waals surface area (Å²) in [4.78, 5) is 1.49. The highest BCUT2D eigenvalue weighted by Crippen LogP contribution is 2.38. The van der Waals surface area contributed by atoms with Crippen molar-refractivity contribution in [2.45, 2.75) is 69.6 Å². The number of hydrogen-bond acceptors (Lipinski definition) is 3. The van der Waals surface area contributed by atoms with Crippen molar-refractivity contribution < 1.29 is 5.11 Å². The predicted molar refractivity (Wildman–Crippen MR) is 80.4 cm³/mol. The standard InChI is InChI=1S/C16H25NOS/c18-14-8-3-7-13(11-14)17-16(12-5-1-2-6-12)15-9-4-10-19-15/h4,9-10,12-14,16-18H,1-3,5-8,11H2. The first kappa shape index (κ1) is 13.6. The SMILES string of the molecule is OC1CCCC(NC(c2cccs2)C2CCCC2)C1. The number of aliphatic hydroxyl groups excluding tert-OH is 1. The normalized spacial score (nSPS) is 30.6. The molecule has 0 saturated heterocycles. The third-order valence-electron chi connectivity index (χ3n) is 4.78. The Labute approximate surface area is 120 Å². The van der Waals surface area contributed by atoms with Crippen LogP contribution in [0.15, 0.2) is 17.5 Å². The minimum absolute atomic E-state index is 0.0844. The molecule has 106 valence electrons. The second-order valence-electron chi connectivity index (χ2n) is 6.22. The quantitative estimate of drug-likeness (QED) is 0.877. The van der Waals surface area contributed by atoms with Gasteiger partial charge in [0.2, 0.25) is 0 Å². The van der Waals surface area contributed by atoms with Gasteiger partial charge in [0.25, 0.3) is 0 Å². The fraction of sp³-hybridized carbons (Fsp3) is 0.750. The van der Waals surface area contributed by atoms with E-state index < -0.39 is 0 Å². The van der Waals surface area contributed by atoms with Crippen LogP contribution in [0.5, 0.6) is 0 Å². The lowest BCUT2D eigenvalue weighted by atomic mass is 9.90. The van der Waals surface area contributed by atoms with E-state index in [2.05, 4.69) is 22.8 Å². The van der Waals surface area contributed by atoms with Crippen molar-refractivity contribution >= 4 is 11.3 Å². The van der Waals surface area contributed by atoms with Gasteiger partial charge in [0, 0.05) is 17.0 Å². The molecule has 0 spiro atoms. The average molecular weight is 279 g/mol. The molecule has 1 aromatic heterocycles. The van der Waals surface area contributed by atoms with Gasteiger partial charge < -0.3 is 10.4 Å². The van der Waals surface area contributed by atoms with Gasteiger partial charge in [0.15, 0.2) is 0 Å². The van der Waals surface area contributed by atoms with E-state index in [1.165, 1.54) is 43.4 Å². The molecule has 2 aliphatic carbocycles. The molecule has 2 fully saturated rings. The van der Waals surface area contributed by atoms with E-state index in [0.29, 0.717) is 12.1 Å². The molecule has 1 heterocycles. The Kier molecular flexibility index (Phi) is 4.57. The number of hydrogen-bond donors (Lipinski definition) is 2. The van der Waals surface area contributed by atoms with E-state index in [4.69, 9.17) is 0 Å². The van der Waals surface area contributed by atoms with E-state index in [1.54, 1.807) is 0 Å². The Bertz CT molecular complexity index is 372. The predicted octanol–water partition coefficient (Wildman–Crippen LogP) is 3.87. The summed E-state index contributed by atoms with van der Waals surface area (Å²) in [6, 6.07) is 5.48. The van der Waals surface area contributed by atoms with Gasteiger partial charge in [0.05, 0.1) is 6.10 Å². The lowest BCUT2D eigenvalue weighted by Gasteiger charge is -2.33. The molecule has 2 nitrogen and oxygen atoms in total. The van der Waals surface area contributed by atoms with Gasteiger partial charge in [-0.1, -0.05) is 18.9 Å². The minimum Gasteiger partial charge on any atom is -0.393 e. The highest BCUT2D eigenvalue weighted by atomic mass is 32.1. The number of aliphatic hydroxyl groups is 1. The first-order valence-corrected chi connectivity index (χ1v) is 8.68. The van der Waals surface area contributed by atoms with Gasteiger partial charge in [-0.2, -0.15) is 0 Å². The van der Waals surface area contributed by atoms with Gasteiger partial charge in [-0.05, 0) is 55.9 Å². The molecule has 0 bridgehead atoms. The molecule has 3 atom stereocenters. The molecule has 2 N–H and O–H groups in total. The molecule has 1 aromatic rings. The van der Waals surface area contributed by atoms with Crippen molar-refractivity contribution in [1.82, 2.24) is 5.32 Å². The molecular weight excluding hydrogens is 254 g/mol. The van der Waals surface area contributed by atoms with Crippen LogP contribution in [-0.4, -0.2) is 17.3 Å². The molecule has 0 amide bonds. The minimum atomic E-state index is -0.0844. The van der Waals surface area contributed by atoms with Crippen LogP contribution in [0.1, 0.15) is 62.3 Å². The molecule has 0 aliphatic heterocycles. The second-order valence-corrected chi connectivity index (χ2v) is 7.20. The summed E-state index contributed by atoms with van der Waals surface area (Å²) in [5.74, 6) is 0.803. The van der Waals surface area contributed by atoms with E-state index >= 15 is 0 Å². The summed E-state index contributed by atoms with van der Waals surface area (Å²) in [6.07, 6.45) is 9.75. The van der Waals surface area contributed by atoms with Crippen molar-refractivity contribution in [3.63, 3.8) is 0 Å². The van der Waals surface area contributed by atoms with Crippen LogP contribution in [0, 0.1) is 5.92 Å². The number of rotatable bonds is 4. The van der Waals surface area contributed by atoms with E-state index in [1.807, 2.05) is 11.3 Å². The van der Waals surface area contributed by atoms with Crippen LogP contribution in [0.4, 0.5) is 0 Å². The first-order valence-electron chi connectivity index (χ1n) is 7.80. The van der Waals surface area contributed by atoms with Crippen LogP contribution in [0.3, 0.4) is 0 Å². The average Bonchev–Trinajstić information content (AvgIpc) is 3.10. The van der Waals surface area contributed by atoms with Gasteiger partial charge >= 0.3 is 0 Å². The first-order chi connectivity index (χ1) is 9.33.